The molecule has 1 aliphatic heterocycles. The smallest absolute Gasteiger partial charge is 0.279 e. The van der Waals surface area contributed by atoms with Crippen LogP contribution < -0.4 is 10.2 Å². The fourth-order valence-electron chi connectivity index (χ4n) is 2.93. The third-order valence-corrected chi connectivity index (χ3v) is 6.94. The molecule has 2 aromatic rings. The van der Waals surface area contributed by atoms with Crippen molar-refractivity contribution in [2.45, 2.75) is 11.4 Å². The largest absolute Gasteiger partial charge is 0.379 e. The van der Waals surface area contributed by atoms with Gasteiger partial charge in [-0.1, -0.05) is 0 Å². The van der Waals surface area contributed by atoms with Crippen molar-refractivity contribution < 1.29 is 22.8 Å². The first-order chi connectivity index (χ1) is 12.9. The van der Waals surface area contributed by atoms with E-state index in [2.05, 4.69) is 16.8 Å². The molecule has 27 heavy (non-hydrogen) atoms. The molecule has 3 rings (SSSR count). The topological polar surface area (TPSA) is 80.2 Å². The Balaban J connectivity index is 1.56. The molecule has 146 valence electrons. The minimum absolute atomic E-state index is 0.105. The van der Waals surface area contributed by atoms with Crippen molar-refractivity contribution in [2.24, 2.45) is 0 Å². The first-order valence-electron chi connectivity index (χ1n) is 8.75. The van der Waals surface area contributed by atoms with E-state index in [1.807, 2.05) is 12.4 Å². The molecule has 1 fully saturated rings. The summed E-state index contributed by atoms with van der Waals surface area (Å²) in [6.45, 7) is 2.67. The number of carbonyl (C=O) groups excluding carboxylic acids is 1. The SMILES string of the molecule is C[NH+](CC(=O)Nc1ccc(S(=O)(=O)N2CCOCC2)cc1)Cc1ccsc1. The molecule has 0 spiro atoms. The normalized spacial score (nSPS) is 16.8. The van der Waals surface area contributed by atoms with E-state index in [-0.39, 0.29) is 10.8 Å². The van der Waals surface area contributed by atoms with E-state index in [4.69, 9.17) is 4.74 Å². The van der Waals surface area contributed by atoms with E-state index in [1.165, 1.54) is 22.0 Å². The lowest BCUT2D eigenvalue weighted by Crippen LogP contribution is -3.08. The van der Waals surface area contributed by atoms with Crippen LogP contribution >= 0.6 is 11.3 Å². The van der Waals surface area contributed by atoms with Crippen LogP contribution in [0.5, 0.6) is 0 Å². The quantitative estimate of drug-likeness (QED) is 0.694. The zero-order chi connectivity index (χ0) is 19.3. The highest BCUT2D eigenvalue weighted by Crippen LogP contribution is 2.19. The number of hydrogen-bond donors (Lipinski definition) is 2. The second kappa shape index (κ2) is 8.94. The van der Waals surface area contributed by atoms with Gasteiger partial charge in [-0.25, -0.2) is 8.42 Å². The number of quaternary nitrogens is 1. The third-order valence-electron chi connectivity index (χ3n) is 4.29. The molecule has 0 aliphatic carbocycles. The van der Waals surface area contributed by atoms with Gasteiger partial charge >= 0.3 is 0 Å². The van der Waals surface area contributed by atoms with Crippen molar-refractivity contribution >= 4 is 33.0 Å². The molecule has 9 heteroatoms. The molecule has 0 saturated carbocycles. The maximum atomic E-state index is 12.6. The summed E-state index contributed by atoms with van der Waals surface area (Å²) in [5.74, 6) is -0.105. The minimum atomic E-state index is -3.52. The van der Waals surface area contributed by atoms with E-state index in [9.17, 15) is 13.2 Å². The van der Waals surface area contributed by atoms with Gasteiger partial charge in [-0.15, -0.1) is 0 Å². The molecule has 1 aromatic carbocycles. The van der Waals surface area contributed by atoms with Crippen LogP contribution in [0.2, 0.25) is 0 Å². The lowest BCUT2D eigenvalue weighted by molar-refractivity contribution is -0.885. The van der Waals surface area contributed by atoms with Gasteiger partial charge in [-0.3, -0.25) is 4.79 Å². The maximum Gasteiger partial charge on any atom is 0.279 e. The Hall–Kier alpha value is -1.78. The Bertz CT molecular complexity index is 845. The molecule has 1 amide bonds. The standard InChI is InChI=1S/C18H23N3O4S2/c1-20(12-15-6-11-26-14-15)13-18(22)19-16-2-4-17(5-3-16)27(23,24)21-7-9-25-10-8-21/h2-6,11,14H,7-10,12-13H2,1H3,(H,19,22)/p+1. The summed E-state index contributed by atoms with van der Waals surface area (Å²) < 4.78 is 31.8. The molecule has 1 saturated heterocycles. The summed E-state index contributed by atoms with van der Waals surface area (Å²) in [4.78, 5) is 13.5. The summed E-state index contributed by atoms with van der Waals surface area (Å²) in [5, 5.41) is 6.93. The number of anilines is 1. The van der Waals surface area contributed by atoms with Crippen LogP contribution in [-0.2, 0) is 26.1 Å². The second-order valence-corrected chi connectivity index (χ2v) is 9.25. The molecule has 1 aromatic heterocycles. The van der Waals surface area contributed by atoms with Crippen LogP contribution in [0.3, 0.4) is 0 Å². The number of morpholine rings is 1. The highest BCUT2D eigenvalue weighted by atomic mass is 32.2. The molecule has 7 nitrogen and oxygen atoms in total. The number of rotatable bonds is 7. The number of hydrogen-bond acceptors (Lipinski definition) is 5. The van der Waals surface area contributed by atoms with Crippen molar-refractivity contribution in [2.75, 3.05) is 45.2 Å². The van der Waals surface area contributed by atoms with Crippen molar-refractivity contribution in [1.29, 1.82) is 0 Å². The number of nitrogens with zero attached hydrogens (tertiary/aromatic N) is 1. The Morgan fingerprint density at radius 1 is 1.22 bits per heavy atom. The van der Waals surface area contributed by atoms with E-state index >= 15 is 0 Å². The number of nitrogens with one attached hydrogen (secondary N) is 2. The molecular formula is C18H24N3O4S2+. The molecule has 0 bridgehead atoms. The molecule has 1 aliphatic rings. The van der Waals surface area contributed by atoms with Gasteiger partial charge in [-0.2, -0.15) is 15.6 Å². The fourth-order valence-corrected chi connectivity index (χ4v) is 5.01. The summed E-state index contributed by atoms with van der Waals surface area (Å²) >= 11 is 1.64. The van der Waals surface area contributed by atoms with Gasteiger partial charge in [0.15, 0.2) is 6.54 Å². The number of ether oxygens (including phenoxy) is 1. The molecule has 1 unspecified atom stereocenters. The molecular weight excluding hydrogens is 386 g/mol. The van der Waals surface area contributed by atoms with Gasteiger partial charge in [0.25, 0.3) is 5.91 Å². The van der Waals surface area contributed by atoms with Gasteiger partial charge in [0.2, 0.25) is 10.0 Å². The van der Waals surface area contributed by atoms with Crippen LogP contribution in [0.15, 0.2) is 46.0 Å². The average molecular weight is 411 g/mol. The Morgan fingerprint density at radius 2 is 1.93 bits per heavy atom. The second-order valence-electron chi connectivity index (χ2n) is 6.53. The fraction of sp³-hybridized carbons (Fsp3) is 0.389. The van der Waals surface area contributed by atoms with Gasteiger partial charge in [0.05, 0.1) is 25.2 Å². The number of carbonyl (C=O) groups is 1. The first-order valence-corrected chi connectivity index (χ1v) is 11.1. The van der Waals surface area contributed by atoms with Gasteiger partial charge in [0.1, 0.15) is 6.54 Å². The number of amides is 1. The van der Waals surface area contributed by atoms with Crippen LogP contribution in [0.4, 0.5) is 5.69 Å². The molecule has 0 radical (unpaired) electrons. The lowest BCUT2D eigenvalue weighted by atomic mass is 10.3. The van der Waals surface area contributed by atoms with Gasteiger partial charge in [0, 0.05) is 24.3 Å². The monoisotopic (exact) mass is 410 g/mol. The summed E-state index contributed by atoms with van der Waals surface area (Å²) in [5.41, 5.74) is 1.80. The number of thiophene rings is 1. The predicted molar refractivity (Wildman–Crippen MR) is 104 cm³/mol. The van der Waals surface area contributed by atoms with Gasteiger partial charge < -0.3 is 15.0 Å². The van der Waals surface area contributed by atoms with Crippen molar-refractivity contribution in [3.05, 3.63) is 46.7 Å². The van der Waals surface area contributed by atoms with Crippen molar-refractivity contribution in [3.8, 4) is 0 Å². The summed E-state index contributed by atoms with van der Waals surface area (Å²) in [6.07, 6.45) is 0. The van der Waals surface area contributed by atoms with Crippen LogP contribution in [-0.4, -0.2) is 58.5 Å². The highest BCUT2D eigenvalue weighted by Gasteiger charge is 2.26. The van der Waals surface area contributed by atoms with E-state index in [1.54, 1.807) is 23.5 Å². The number of likely N-dealkylation sites (N-methyl/N-ethyl adjacent to an activating group) is 1. The predicted octanol–water partition coefficient (Wildman–Crippen LogP) is 0.422. The zero-order valence-corrected chi connectivity index (χ0v) is 16.8. The van der Waals surface area contributed by atoms with Crippen LogP contribution in [0.1, 0.15) is 5.56 Å². The molecule has 1 atom stereocenters. The highest BCUT2D eigenvalue weighted by molar-refractivity contribution is 7.89. The zero-order valence-electron chi connectivity index (χ0n) is 15.2. The summed E-state index contributed by atoms with van der Waals surface area (Å²) in [7, 11) is -1.55. The Kier molecular flexibility index (Phi) is 6.61. The molecule has 2 heterocycles. The number of benzene rings is 1. The van der Waals surface area contributed by atoms with E-state index < -0.39 is 10.0 Å². The third kappa shape index (κ3) is 5.36. The van der Waals surface area contributed by atoms with Gasteiger partial charge in [-0.05, 0) is 41.1 Å². The summed E-state index contributed by atoms with van der Waals surface area (Å²) in [6, 6.07) is 8.36. The first kappa shape index (κ1) is 20.0. The van der Waals surface area contributed by atoms with Crippen molar-refractivity contribution in [3.63, 3.8) is 0 Å². The Morgan fingerprint density at radius 3 is 2.56 bits per heavy atom. The molecule has 2 N–H and O–H groups in total. The van der Waals surface area contributed by atoms with E-state index in [0.717, 1.165) is 11.4 Å². The van der Waals surface area contributed by atoms with Crippen LogP contribution in [0, 0.1) is 0 Å². The number of sulfonamides is 1. The average Bonchev–Trinajstić information content (AvgIpc) is 3.15. The Labute approximate surface area is 163 Å². The minimum Gasteiger partial charge on any atom is -0.379 e. The van der Waals surface area contributed by atoms with Crippen molar-refractivity contribution in [1.82, 2.24) is 4.31 Å². The maximum absolute atomic E-state index is 12.6. The van der Waals surface area contributed by atoms with E-state index in [0.29, 0.717) is 38.5 Å². The lowest BCUT2D eigenvalue weighted by Gasteiger charge is -2.26. The van der Waals surface area contributed by atoms with Crippen LogP contribution in [0.25, 0.3) is 0 Å².